The zero-order valence-corrected chi connectivity index (χ0v) is 33.5. The molecule has 3 unspecified atom stereocenters. The highest BCUT2D eigenvalue weighted by atomic mass is 31.2. The molecule has 0 radical (unpaired) electrons. The largest absolute Gasteiger partial charge is 0.472 e. The molecule has 9 heteroatoms. The van der Waals surface area contributed by atoms with E-state index >= 15 is 0 Å². The van der Waals surface area contributed by atoms with Gasteiger partial charge in [0.05, 0.1) is 25.4 Å². The summed E-state index contributed by atoms with van der Waals surface area (Å²) >= 11 is 0. The van der Waals surface area contributed by atoms with E-state index in [9.17, 15) is 19.4 Å². The Morgan fingerprint density at radius 2 is 1.04 bits per heavy atom. The van der Waals surface area contributed by atoms with Crippen LogP contribution in [0.4, 0.5) is 0 Å². The first-order valence-corrected chi connectivity index (χ1v) is 22.5. The van der Waals surface area contributed by atoms with Crippen molar-refractivity contribution in [3.05, 3.63) is 24.3 Å². The standard InChI is InChI=1S/C41H81N2O6P/c1-3-5-7-9-11-13-15-17-19-20-21-22-24-26-28-30-32-34-40(44)39(38-49-50(46,47)48-37-36-42)43-41(45)35-33-31-29-27-25-23-18-16-14-12-10-8-6-4-2/h16,18,32,34,39-40,44H,3-15,17,19-31,33,35-38,42H2,1-2H3,(H,43,45)(H,46,47)/b18-16-,34-32+. The van der Waals surface area contributed by atoms with E-state index in [1.165, 1.54) is 128 Å². The van der Waals surface area contributed by atoms with Gasteiger partial charge in [0.2, 0.25) is 5.91 Å². The second-order valence-electron chi connectivity index (χ2n) is 14.2. The molecule has 8 nitrogen and oxygen atoms in total. The van der Waals surface area contributed by atoms with Gasteiger partial charge in [-0.15, -0.1) is 0 Å². The zero-order chi connectivity index (χ0) is 36.8. The number of phosphoric acid groups is 1. The summed E-state index contributed by atoms with van der Waals surface area (Å²) < 4.78 is 22.1. The summed E-state index contributed by atoms with van der Waals surface area (Å²) in [7, 11) is -4.34. The number of hydrogen-bond donors (Lipinski definition) is 4. The summed E-state index contributed by atoms with van der Waals surface area (Å²) in [5.41, 5.74) is 5.36. The Balaban J connectivity index is 4.25. The van der Waals surface area contributed by atoms with Crippen LogP contribution in [0.25, 0.3) is 0 Å². The predicted molar refractivity (Wildman–Crippen MR) is 212 cm³/mol. The normalized spacial score (nSPS) is 14.4. The maximum absolute atomic E-state index is 12.7. The monoisotopic (exact) mass is 729 g/mol. The third-order valence-corrected chi connectivity index (χ3v) is 10.3. The Kier molecular flexibility index (Phi) is 37.0. The van der Waals surface area contributed by atoms with Gasteiger partial charge in [-0.25, -0.2) is 4.57 Å². The number of carbonyl (C=O) groups excluding carboxylic acids is 1. The molecule has 0 aromatic rings. The highest BCUT2D eigenvalue weighted by molar-refractivity contribution is 7.47. The van der Waals surface area contributed by atoms with Gasteiger partial charge in [-0.3, -0.25) is 13.8 Å². The van der Waals surface area contributed by atoms with Gasteiger partial charge in [0.25, 0.3) is 0 Å². The summed E-state index contributed by atoms with van der Waals surface area (Å²) in [5.74, 6) is -0.203. The molecule has 0 saturated carbocycles. The summed E-state index contributed by atoms with van der Waals surface area (Å²) in [6.45, 7) is 4.12. The molecule has 0 spiro atoms. The van der Waals surface area contributed by atoms with Crippen molar-refractivity contribution in [2.24, 2.45) is 5.73 Å². The molecule has 0 aromatic heterocycles. The summed E-state index contributed by atoms with van der Waals surface area (Å²) in [6, 6.07) is -0.861. The number of aliphatic hydroxyl groups is 1. The molecule has 0 aliphatic rings. The lowest BCUT2D eigenvalue weighted by atomic mass is 10.0. The van der Waals surface area contributed by atoms with Crippen molar-refractivity contribution in [3.8, 4) is 0 Å². The van der Waals surface area contributed by atoms with Crippen LogP contribution in [0.2, 0.25) is 0 Å². The minimum Gasteiger partial charge on any atom is -0.387 e. The summed E-state index contributed by atoms with van der Waals surface area (Å²) in [6.07, 6.45) is 42.2. The fourth-order valence-corrected chi connectivity index (χ4v) is 6.83. The number of nitrogens with two attached hydrogens (primary N) is 1. The van der Waals surface area contributed by atoms with Gasteiger partial charge in [-0.1, -0.05) is 173 Å². The lowest BCUT2D eigenvalue weighted by Crippen LogP contribution is -2.45. The van der Waals surface area contributed by atoms with Gasteiger partial charge < -0.3 is 21.1 Å². The fourth-order valence-electron chi connectivity index (χ4n) is 6.07. The van der Waals surface area contributed by atoms with Gasteiger partial charge in [0, 0.05) is 13.0 Å². The van der Waals surface area contributed by atoms with E-state index in [-0.39, 0.29) is 25.7 Å². The van der Waals surface area contributed by atoms with E-state index in [0.29, 0.717) is 6.42 Å². The third kappa shape index (κ3) is 35.4. The van der Waals surface area contributed by atoms with Gasteiger partial charge in [0.15, 0.2) is 0 Å². The van der Waals surface area contributed by atoms with E-state index in [0.717, 1.165) is 51.4 Å². The molecule has 1 amide bonds. The Labute approximate surface area is 308 Å². The number of carbonyl (C=O) groups is 1. The number of nitrogens with one attached hydrogen (secondary N) is 1. The van der Waals surface area contributed by atoms with Crippen molar-refractivity contribution >= 4 is 13.7 Å². The molecule has 0 fully saturated rings. The molecule has 0 aliphatic carbocycles. The number of rotatable bonds is 39. The average Bonchev–Trinajstić information content (AvgIpc) is 3.10. The van der Waals surface area contributed by atoms with E-state index in [4.69, 9.17) is 14.8 Å². The average molecular weight is 729 g/mol. The van der Waals surface area contributed by atoms with Crippen LogP contribution in [0, 0.1) is 0 Å². The van der Waals surface area contributed by atoms with Crippen molar-refractivity contribution in [3.63, 3.8) is 0 Å². The minimum absolute atomic E-state index is 0.0780. The molecule has 0 heterocycles. The number of hydrogen-bond acceptors (Lipinski definition) is 6. The fraction of sp³-hybridized carbons (Fsp3) is 0.878. The van der Waals surface area contributed by atoms with Crippen molar-refractivity contribution < 1.29 is 28.4 Å². The lowest BCUT2D eigenvalue weighted by molar-refractivity contribution is -0.123. The highest BCUT2D eigenvalue weighted by Crippen LogP contribution is 2.43. The van der Waals surface area contributed by atoms with Crippen LogP contribution < -0.4 is 11.1 Å². The molecule has 0 bridgehead atoms. The molecule has 0 aromatic carbocycles. The van der Waals surface area contributed by atoms with Crippen molar-refractivity contribution in [2.45, 2.75) is 212 Å². The van der Waals surface area contributed by atoms with Gasteiger partial charge in [-0.2, -0.15) is 0 Å². The molecule has 296 valence electrons. The van der Waals surface area contributed by atoms with E-state index in [2.05, 4.69) is 31.3 Å². The molecule has 50 heavy (non-hydrogen) atoms. The maximum Gasteiger partial charge on any atom is 0.472 e. The van der Waals surface area contributed by atoms with E-state index < -0.39 is 20.0 Å². The maximum atomic E-state index is 12.7. The number of allylic oxidation sites excluding steroid dienone is 3. The van der Waals surface area contributed by atoms with E-state index in [1.807, 2.05) is 6.08 Å². The topological polar surface area (TPSA) is 131 Å². The third-order valence-electron chi connectivity index (χ3n) is 9.27. The van der Waals surface area contributed by atoms with Crippen LogP contribution in [0.5, 0.6) is 0 Å². The van der Waals surface area contributed by atoms with Crippen molar-refractivity contribution in [1.29, 1.82) is 0 Å². The minimum atomic E-state index is -4.34. The molecule has 0 aliphatic heterocycles. The van der Waals surface area contributed by atoms with Crippen LogP contribution in [0.3, 0.4) is 0 Å². The Morgan fingerprint density at radius 3 is 1.48 bits per heavy atom. The lowest BCUT2D eigenvalue weighted by Gasteiger charge is -2.23. The molecule has 3 atom stereocenters. The van der Waals surface area contributed by atoms with Crippen LogP contribution in [0.1, 0.15) is 200 Å². The second kappa shape index (κ2) is 37.7. The van der Waals surface area contributed by atoms with Crippen molar-refractivity contribution in [2.75, 3.05) is 19.8 Å². The van der Waals surface area contributed by atoms with Gasteiger partial charge in [-0.05, 0) is 44.9 Å². The molecule has 0 rings (SSSR count). The Hall–Kier alpha value is -1.02. The smallest absolute Gasteiger partial charge is 0.387 e. The highest BCUT2D eigenvalue weighted by Gasteiger charge is 2.26. The van der Waals surface area contributed by atoms with Gasteiger partial charge >= 0.3 is 7.82 Å². The Morgan fingerprint density at radius 1 is 0.640 bits per heavy atom. The zero-order valence-electron chi connectivity index (χ0n) is 32.6. The van der Waals surface area contributed by atoms with Gasteiger partial charge in [0.1, 0.15) is 0 Å². The molecule has 0 saturated heterocycles. The number of phosphoric ester groups is 1. The van der Waals surface area contributed by atoms with Crippen LogP contribution in [-0.4, -0.2) is 47.8 Å². The second-order valence-corrected chi connectivity index (χ2v) is 15.7. The summed E-state index contributed by atoms with van der Waals surface area (Å²) in [5, 5.41) is 13.6. The number of unbranched alkanes of at least 4 members (excludes halogenated alkanes) is 25. The predicted octanol–water partition coefficient (Wildman–Crippen LogP) is 11.4. The first-order chi connectivity index (χ1) is 24.4. The SMILES string of the molecule is CCCCCCC/C=C\CCCCCCCC(=O)NC(COP(=O)(O)OCCN)C(O)/C=C/CCCCCCCCCCCCCCCCC. The number of amides is 1. The first kappa shape index (κ1) is 49.0. The molecular weight excluding hydrogens is 647 g/mol. The summed E-state index contributed by atoms with van der Waals surface area (Å²) in [4.78, 5) is 22.6. The van der Waals surface area contributed by atoms with Crippen LogP contribution in [0.15, 0.2) is 24.3 Å². The van der Waals surface area contributed by atoms with E-state index in [1.54, 1.807) is 6.08 Å². The molecular formula is C41H81N2O6P. The Bertz CT molecular complexity index is 840. The van der Waals surface area contributed by atoms with Crippen LogP contribution in [-0.2, 0) is 18.4 Å². The van der Waals surface area contributed by atoms with Crippen molar-refractivity contribution in [1.82, 2.24) is 5.32 Å². The first-order valence-electron chi connectivity index (χ1n) is 21.0. The molecule has 5 N–H and O–H groups in total. The quantitative estimate of drug-likeness (QED) is 0.0281. The number of aliphatic hydroxyl groups excluding tert-OH is 1. The van der Waals surface area contributed by atoms with Crippen LogP contribution >= 0.6 is 7.82 Å².